The van der Waals surface area contributed by atoms with Gasteiger partial charge in [0, 0.05) is 6.07 Å². The molecule has 1 heterocycles. The van der Waals surface area contributed by atoms with Gasteiger partial charge in [0.25, 0.3) is 0 Å². The number of anilines is 1. The molecule has 1 aromatic heterocycles. The topological polar surface area (TPSA) is 95.1 Å². The lowest BCUT2D eigenvalue weighted by molar-refractivity contribution is -0.125. The molecule has 0 saturated heterocycles. The minimum Gasteiger partial charge on any atom is -0.477 e. The quantitative estimate of drug-likeness (QED) is 0.810. The number of aromatic nitrogens is 2. The number of aromatic amines is 1. The molecule has 0 bridgehead atoms. The Morgan fingerprint density at radius 3 is 2.73 bits per heavy atom. The van der Waals surface area contributed by atoms with Crippen LogP contribution < -0.4 is 5.32 Å². The van der Waals surface area contributed by atoms with Gasteiger partial charge in [-0.05, 0) is 30.4 Å². The van der Waals surface area contributed by atoms with Gasteiger partial charge in [0.05, 0.1) is 5.41 Å². The number of amides is 1. The molecule has 1 aromatic carbocycles. The van der Waals surface area contributed by atoms with E-state index in [9.17, 15) is 9.59 Å². The van der Waals surface area contributed by atoms with Crippen molar-refractivity contribution in [3.05, 3.63) is 47.2 Å². The van der Waals surface area contributed by atoms with E-state index in [2.05, 4.69) is 27.6 Å². The molecule has 2 aromatic rings. The molecule has 0 spiro atoms. The van der Waals surface area contributed by atoms with E-state index >= 15 is 0 Å². The van der Waals surface area contributed by atoms with Crippen molar-refractivity contribution in [2.24, 2.45) is 5.41 Å². The maximum absolute atomic E-state index is 12.6. The van der Waals surface area contributed by atoms with Crippen LogP contribution in [0.2, 0.25) is 0 Å². The number of carbonyl (C=O) groups excluding carboxylic acids is 1. The monoisotopic (exact) mass is 299 g/mol. The Hall–Kier alpha value is -2.63. The Kier molecular flexibility index (Phi) is 3.44. The van der Waals surface area contributed by atoms with Crippen molar-refractivity contribution in [2.45, 2.75) is 26.2 Å². The first-order chi connectivity index (χ1) is 10.5. The maximum Gasteiger partial charge on any atom is 0.353 e. The van der Waals surface area contributed by atoms with E-state index in [0.29, 0.717) is 6.42 Å². The largest absolute Gasteiger partial charge is 0.477 e. The van der Waals surface area contributed by atoms with Crippen LogP contribution in [-0.2, 0) is 17.6 Å². The van der Waals surface area contributed by atoms with E-state index in [0.717, 1.165) is 12.8 Å². The van der Waals surface area contributed by atoms with E-state index in [-0.39, 0.29) is 17.4 Å². The van der Waals surface area contributed by atoms with Gasteiger partial charge in [-0.1, -0.05) is 31.2 Å². The van der Waals surface area contributed by atoms with Gasteiger partial charge in [0.15, 0.2) is 5.82 Å². The number of aromatic carboxylic acids is 1. The van der Waals surface area contributed by atoms with Gasteiger partial charge in [-0.15, -0.1) is 0 Å². The fourth-order valence-corrected chi connectivity index (χ4v) is 2.85. The summed E-state index contributed by atoms with van der Waals surface area (Å²) in [7, 11) is 0. The molecular formula is C16H17N3O3. The number of carboxylic acid groups (broad SMARTS) is 1. The number of H-pyrrole nitrogens is 1. The van der Waals surface area contributed by atoms with Crippen molar-refractivity contribution < 1.29 is 14.7 Å². The molecule has 1 unspecified atom stereocenters. The van der Waals surface area contributed by atoms with Crippen LogP contribution in [0.3, 0.4) is 0 Å². The van der Waals surface area contributed by atoms with Crippen molar-refractivity contribution in [3.8, 4) is 0 Å². The second-order valence-electron chi connectivity index (χ2n) is 5.93. The molecule has 6 nitrogen and oxygen atoms in total. The zero-order valence-corrected chi connectivity index (χ0v) is 12.2. The third-order valence-corrected chi connectivity index (χ3v) is 4.24. The van der Waals surface area contributed by atoms with E-state index in [1.54, 1.807) is 0 Å². The van der Waals surface area contributed by atoms with Gasteiger partial charge in [-0.25, -0.2) is 4.79 Å². The second kappa shape index (κ2) is 5.29. The van der Waals surface area contributed by atoms with Crippen molar-refractivity contribution in [1.29, 1.82) is 0 Å². The molecule has 3 N–H and O–H groups in total. The van der Waals surface area contributed by atoms with Crippen LogP contribution >= 0.6 is 0 Å². The lowest BCUT2D eigenvalue weighted by atomic mass is 9.72. The Balaban J connectivity index is 1.75. The van der Waals surface area contributed by atoms with Crippen molar-refractivity contribution >= 4 is 17.7 Å². The first kappa shape index (κ1) is 14.3. The molecule has 3 rings (SSSR count). The predicted octanol–water partition coefficient (Wildman–Crippen LogP) is 2.24. The summed E-state index contributed by atoms with van der Waals surface area (Å²) < 4.78 is 0. The van der Waals surface area contributed by atoms with Crippen molar-refractivity contribution in [1.82, 2.24) is 10.2 Å². The molecule has 1 aliphatic carbocycles. The molecule has 1 atom stereocenters. The summed E-state index contributed by atoms with van der Waals surface area (Å²) in [6.07, 6.45) is 2.29. The summed E-state index contributed by atoms with van der Waals surface area (Å²) in [6.45, 7) is 1.93. The Labute approximate surface area is 127 Å². The zero-order valence-electron chi connectivity index (χ0n) is 12.2. The third kappa shape index (κ3) is 2.59. The van der Waals surface area contributed by atoms with Crippen LogP contribution in [0.25, 0.3) is 0 Å². The van der Waals surface area contributed by atoms with Crippen LogP contribution in [0, 0.1) is 5.41 Å². The zero-order chi connectivity index (χ0) is 15.7. The predicted molar refractivity (Wildman–Crippen MR) is 80.8 cm³/mol. The molecule has 0 saturated carbocycles. The minimum absolute atomic E-state index is 0.0468. The summed E-state index contributed by atoms with van der Waals surface area (Å²) in [6, 6.07) is 9.46. The number of carbonyl (C=O) groups is 2. The highest BCUT2D eigenvalue weighted by Crippen LogP contribution is 2.36. The summed E-state index contributed by atoms with van der Waals surface area (Å²) in [5.41, 5.74) is 1.92. The van der Waals surface area contributed by atoms with E-state index < -0.39 is 11.4 Å². The van der Waals surface area contributed by atoms with Gasteiger partial charge in [-0.3, -0.25) is 9.89 Å². The van der Waals surface area contributed by atoms with Crippen LogP contribution in [-0.4, -0.2) is 27.2 Å². The first-order valence-electron chi connectivity index (χ1n) is 7.15. The minimum atomic E-state index is -1.11. The normalized spacial score (nSPS) is 20.2. The SMILES string of the molecule is CC1(C(=O)Nc2cc(C(=O)O)[nH]n2)CCc2ccccc2C1. The number of fused-ring (bicyclic) bond motifs is 1. The Morgan fingerprint density at radius 2 is 2.05 bits per heavy atom. The smallest absolute Gasteiger partial charge is 0.353 e. The van der Waals surface area contributed by atoms with Crippen LogP contribution in [0.15, 0.2) is 30.3 Å². The fraction of sp³-hybridized carbons (Fsp3) is 0.312. The molecule has 22 heavy (non-hydrogen) atoms. The number of rotatable bonds is 3. The first-order valence-corrected chi connectivity index (χ1v) is 7.15. The summed E-state index contributed by atoms with van der Waals surface area (Å²) >= 11 is 0. The lowest BCUT2D eigenvalue weighted by Gasteiger charge is -2.33. The third-order valence-electron chi connectivity index (χ3n) is 4.24. The van der Waals surface area contributed by atoms with E-state index in [1.165, 1.54) is 17.2 Å². The van der Waals surface area contributed by atoms with Gasteiger partial charge in [0.1, 0.15) is 5.69 Å². The number of hydrogen-bond acceptors (Lipinski definition) is 3. The highest BCUT2D eigenvalue weighted by atomic mass is 16.4. The van der Waals surface area contributed by atoms with Gasteiger partial charge in [0.2, 0.25) is 5.91 Å². The highest BCUT2D eigenvalue weighted by Gasteiger charge is 2.37. The maximum atomic E-state index is 12.6. The number of aryl methyl sites for hydroxylation is 1. The van der Waals surface area contributed by atoms with E-state index in [1.807, 2.05) is 19.1 Å². The molecule has 1 aliphatic rings. The Bertz CT molecular complexity index is 738. The molecule has 6 heteroatoms. The van der Waals surface area contributed by atoms with Crippen molar-refractivity contribution in [2.75, 3.05) is 5.32 Å². The molecule has 0 aliphatic heterocycles. The van der Waals surface area contributed by atoms with E-state index in [4.69, 9.17) is 5.11 Å². The van der Waals surface area contributed by atoms with Crippen LogP contribution in [0.1, 0.15) is 35.0 Å². The number of carboxylic acids is 1. The molecular weight excluding hydrogens is 282 g/mol. The lowest BCUT2D eigenvalue weighted by Crippen LogP contribution is -2.38. The molecule has 1 amide bonds. The van der Waals surface area contributed by atoms with Gasteiger partial charge < -0.3 is 10.4 Å². The molecule has 0 radical (unpaired) electrons. The summed E-state index contributed by atoms with van der Waals surface area (Å²) in [5, 5.41) is 17.8. The average molecular weight is 299 g/mol. The number of nitrogens with one attached hydrogen (secondary N) is 2. The molecule has 114 valence electrons. The number of benzene rings is 1. The van der Waals surface area contributed by atoms with Crippen molar-refractivity contribution in [3.63, 3.8) is 0 Å². The molecule has 0 fully saturated rings. The Morgan fingerprint density at radius 1 is 1.32 bits per heavy atom. The number of nitrogens with zero attached hydrogens (tertiary/aromatic N) is 1. The second-order valence-corrected chi connectivity index (χ2v) is 5.93. The van der Waals surface area contributed by atoms with Gasteiger partial charge >= 0.3 is 5.97 Å². The van der Waals surface area contributed by atoms with Gasteiger partial charge in [-0.2, -0.15) is 5.10 Å². The highest BCUT2D eigenvalue weighted by molar-refractivity contribution is 5.96. The fourth-order valence-electron chi connectivity index (χ4n) is 2.85. The average Bonchev–Trinajstić information content (AvgIpc) is 2.96. The number of hydrogen-bond donors (Lipinski definition) is 3. The van der Waals surface area contributed by atoms with Crippen LogP contribution in [0.4, 0.5) is 5.82 Å². The summed E-state index contributed by atoms with van der Waals surface area (Å²) in [4.78, 5) is 23.4. The van der Waals surface area contributed by atoms with Crippen LogP contribution in [0.5, 0.6) is 0 Å². The summed E-state index contributed by atoms with van der Waals surface area (Å²) in [5.74, 6) is -1.00. The standard InChI is InChI=1S/C16H17N3O3/c1-16(7-6-10-4-2-3-5-11(10)9-16)15(22)17-13-8-12(14(20)21)18-19-13/h2-5,8H,6-7,9H2,1H3,(H,20,21)(H2,17,18,19,22).